The predicted molar refractivity (Wildman–Crippen MR) is 118 cm³/mol. The molecule has 0 unspecified atom stereocenters. The Morgan fingerprint density at radius 2 is 2.00 bits per heavy atom. The fraction of sp³-hybridized carbons (Fsp3) is 0.286. The largest absolute Gasteiger partial charge is 0.383 e. The van der Waals surface area contributed by atoms with Gasteiger partial charge in [-0.1, -0.05) is 29.5 Å². The molecule has 1 amide bonds. The number of para-hydroxylation sites is 1. The van der Waals surface area contributed by atoms with Crippen molar-refractivity contribution < 1.29 is 4.79 Å². The summed E-state index contributed by atoms with van der Waals surface area (Å²) in [5.41, 5.74) is 8.72. The van der Waals surface area contributed by atoms with E-state index in [0.717, 1.165) is 42.8 Å². The number of piperidine rings is 1. The van der Waals surface area contributed by atoms with E-state index in [9.17, 15) is 9.59 Å². The number of nitrogens with two attached hydrogens (primary N) is 1. The van der Waals surface area contributed by atoms with Crippen molar-refractivity contribution in [1.29, 1.82) is 0 Å². The molecule has 1 aromatic carbocycles. The van der Waals surface area contributed by atoms with E-state index in [1.807, 2.05) is 29.2 Å². The number of aromatic nitrogens is 3. The Hall–Kier alpha value is -3.33. The molecule has 2 aliphatic heterocycles. The van der Waals surface area contributed by atoms with Crippen molar-refractivity contribution in [2.45, 2.75) is 25.7 Å². The monoisotopic (exact) mass is 420 g/mol. The molecular weight excluding hydrogens is 400 g/mol. The molecule has 0 saturated carbocycles. The summed E-state index contributed by atoms with van der Waals surface area (Å²) in [5, 5.41) is 5.06. The number of nitrogen functional groups attached to an aromatic ring is 1. The minimum atomic E-state index is -0.421. The molecule has 4 heterocycles. The second-order valence-corrected chi connectivity index (χ2v) is 8.44. The quantitative estimate of drug-likeness (QED) is 0.701. The second-order valence-electron chi connectivity index (χ2n) is 7.40. The Morgan fingerprint density at radius 3 is 2.83 bits per heavy atom. The molecule has 30 heavy (non-hydrogen) atoms. The number of carbonyl (C=O) groups is 1. The highest BCUT2D eigenvalue weighted by Crippen LogP contribution is 2.32. The van der Waals surface area contributed by atoms with Gasteiger partial charge in [0.15, 0.2) is 0 Å². The summed E-state index contributed by atoms with van der Waals surface area (Å²) < 4.78 is 1.45. The summed E-state index contributed by atoms with van der Waals surface area (Å²) in [6.45, 7) is 1.59. The van der Waals surface area contributed by atoms with Crippen LogP contribution in [0.2, 0.25) is 0 Å². The molecule has 3 aromatic rings. The molecule has 2 aliphatic rings. The summed E-state index contributed by atoms with van der Waals surface area (Å²) in [6, 6.07) is 7.69. The van der Waals surface area contributed by atoms with Gasteiger partial charge in [-0.3, -0.25) is 14.6 Å². The lowest BCUT2D eigenvalue weighted by Crippen LogP contribution is -2.36. The van der Waals surface area contributed by atoms with Crippen LogP contribution in [0.25, 0.3) is 16.6 Å². The Balaban J connectivity index is 1.48. The van der Waals surface area contributed by atoms with Gasteiger partial charge in [0.2, 0.25) is 10.9 Å². The van der Waals surface area contributed by atoms with Crippen LogP contribution in [-0.2, 0) is 11.2 Å². The highest BCUT2D eigenvalue weighted by atomic mass is 32.1. The highest BCUT2D eigenvalue weighted by molar-refractivity contribution is 7.16. The molecule has 5 rings (SSSR count). The van der Waals surface area contributed by atoms with Crippen LogP contribution in [0.4, 0.5) is 11.5 Å². The number of likely N-dealkylation sites (tertiary alicyclic amines) is 1. The van der Waals surface area contributed by atoms with E-state index < -0.39 is 5.56 Å². The van der Waals surface area contributed by atoms with Crippen molar-refractivity contribution in [3.8, 4) is 0 Å². The van der Waals surface area contributed by atoms with Gasteiger partial charge in [0.05, 0.1) is 17.7 Å². The SMILES string of the molecule is Nc1c(/C=C2\C=Nc3ccccc32)c(=O)nc2sc(CC(=O)N3CCCCC3)nn12. The predicted octanol–water partition coefficient (Wildman–Crippen LogP) is 2.54. The van der Waals surface area contributed by atoms with Crippen molar-refractivity contribution in [1.82, 2.24) is 19.5 Å². The van der Waals surface area contributed by atoms with Crippen molar-refractivity contribution >= 4 is 51.6 Å². The normalized spacial score (nSPS) is 17.1. The Labute approximate surface area is 176 Å². The summed E-state index contributed by atoms with van der Waals surface area (Å²) in [5.74, 6) is 0.264. The first kappa shape index (κ1) is 18.7. The standard InChI is InChI=1S/C21H20N6O2S/c22-19-15(10-13-12-23-16-7-3-2-6-14(13)16)20(29)24-21-27(19)25-17(30-21)11-18(28)26-8-4-1-5-9-26/h2-3,6-7,10,12H,1,4-5,8-9,11,22H2/b13-10+. The number of hydrogen-bond donors (Lipinski definition) is 1. The number of amides is 1. The molecule has 0 radical (unpaired) electrons. The van der Waals surface area contributed by atoms with E-state index in [2.05, 4.69) is 15.1 Å². The lowest BCUT2D eigenvalue weighted by atomic mass is 10.1. The summed E-state index contributed by atoms with van der Waals surface area (Å²) in [6.07, 6.45) is 6.85. The van der Waals surface area contributed by atoms with Crippen molar-refractivity contribution in [2.75, 3.05) is 18.8 Å². The first-order valence-corrected chi connectivity index (χ1v) is 10.7. The van der Waals surface area contributed by atoms with E-state index in [1.54, 1.807) is 12.3 Å². The number of carbonyl (C=O) groups excluding carboxylic acids is 1. The molecule has 0 aliphatic carbocycles. The Morgan fingerprint density at radius 1 is 1.20 bits per heavy atom. The van der Waals surface area contributed by atoms with Crippen LogP contribution in [0, 0.1) is 0 Å². The number of aliphatic imine (C=N–C) groups is 1. The molecule has 0 atom stereocenters. The number of rotatable bonds is 3. The minimum absolute atomic E-state index is 0.0522. The van der Waals surface area contributed by atoms with Gasteiger partial charge in [-0.2, -0.15) is 14.6 Å². The van der Waals surface area contributed by atoms with Gasteiger partial charge in [-0.15, -0.1) is 0 Å². The second kappa shape index (κ2) is 7.49. The van der Waals surface area contributed by atoms with Crippen LogP contribution in [0.5, 0.6) is 0 Å². The van der Waals surface area contributed by atoms with Crippen molar-refractivity contribution in [3.63, 3.8) is 0 Å². The zero-order chi connectivity index (χ0) is 20.7. The third-order valence-corrected chi connectivity index (χ3v) is 6.31. The molecule has 1 saturated heterocycles. The van der Waals surface area contributed by atoms with Crippen molar-refractivity contribution in [2.24, 2.45) is 4.99 Å². The fourth-order valence-corrected chi connectivity index (χ4v) is 4.71. The third kappa shape index (κ3) is 3.30. The number of nitrogens with zero attached hydrogens (tertiary/aromatic N) is 5. The van der Waals surface area contributed by atoms with Gasteiger partial charge in [0.25, 0.3) is 5.56 Å². The molecule has 8 nitrogen and oxygen atoms in total. The topological polar surface area (TPSA) is 106 Å². The molecular formula is C21H20N6O2S. The van der Waals surface area contributed by atoms with Gasteiger partial charge in [0, 0.05) is 30.4 Å². The lowest BCUT2D eigenvalue weighted by molar-refractivity contribution is -0.131. The van der Waals surface area contributed by atoms with E-state index in [-0.39, 0.29) is 23.7 Å². The first-order chi connectivity index (χ1) is 14.6. The number of fused-ring (bicyclic) bond motifs is 2. The number of anilines is 1. The summed E-state index contributed by atoms with van der Waals surface area (Å²) >= 11 is 1.22. The Kier molecular flexibility index (Phi) is 4.66. The van der Waals surface area contributed by atoms with Crippen LogP contribution >= 0.6 is 11.3 Å². The van der Waals surface area contributed by atoms with Crippen LogP contribution in [0.15, 0.2) is 34.1 Å². The van der Waals surface area contributed by atoms with Crippen molar-refractivity contribution in [3.05, 3.63) is 50.8 Å². The minimum Gasteiger partial charge on any atom is -0.383 e. The number of allylic oxidation sites excluding steroid dienone is 1. The molecule has 1 fully saturated rings. The maximum Gasteiger partial charge on any atom is 0.283 e. The Bertz CT molecular complexity index is 1270. The van der Waals surface area contributed by atoms with Gasteiger partial charge in [-0.25, -0.2) is 0 Å². The molecule has 2 N–H and O–H groups in total. The highest BCUT2D eigenvalue weighted by Gasteiger charge is 2.21. The molecule has 0 bridgehead atoms. The number of benzene rings is 1. The molecule has 0 spiro atoms. The first-order valence-electron chi connectivity index (χ1n) is 9.91. The fourth-order valence-electron chi connectivity index (χ4n) is 3.82. The van der Waals surface area contributed by atoms with Crippen LogP contribution in [0.3, 0.4) is 0 Å². The van der Waals surface area contributed by atoms with E-state index in [1.165, 1.54) is 22.3 Å². The van der Waals surface area contributed by atoms with Crippen LogP contribution in [-0.4, -0.2) is 44.7 Å². The third-order valence-electron chi connectivity index (χ3n) is 5.40. The maximum atomic E-state index is 12.6. The molecule has 2 aromatic heterocycles. The van der Waals surface area contributed by atoms with Gasteiger partial charge >= 0.3 is 0 Å². The lowest BCUT2D eigenvalue weighted by Gasteiger charge is -2.26. The van der Waals surface area contributed by atoms with Gasteiger partial charge in [0.1, 0.15) is 10.8 Å². The summed E-state index contributed by atoms with van der Waals surface area (Å²) in [4.78, 5) is 36.0. The maximum absolute atomic E-state index is 12.6. The van der Waals surface area contributed by atoms with Crippen LogP contribution < -0.4 is 11.3 Å². The van der Waals surface area contributed by atoms with E-state index in [4.69, 9.17) is 5.73 Å². The zero-order valence-electron chi connectivity index (χ0n) is 16.2. The smallest absolute Gasteiger partial charge is 0.283 e. The van der Waals surface area contributed by atoms with E-state index in [0.29, 0.717) is 9.97 Å². The zero-order valence-corrected chi connectivity index (χ0v) is 17.1. The summed E-state index contributed by atoms with van der Waals surface area (Å²) in [7, 11) is 0. The van der Waals surface area contributed by atoms with E-state index >= 15 is 0 Å². The van der Waals surface area contributed by atoms with Crippen LogP contribution in [0.1, 0.15) is 35.4 Å². The van der Waals surface area contributed by atoms with Gasteiger partial charge < -0.3 is 10.6 Å². The average Bonchev–Trinajstić information content (AvgIpc) is 3.35. The van der Waals surface area contributed by atoms with Gasteiger partial charge in [-0.05, 0) is 31.4 Å². The average molecular weight is 420 g/mol. The number of hydrogen-bond acceptors (Lipinski definition) is 7. The molecule has 152 valence electrons. The molecule has 9 heteroatoms.